The quantitative estimate of drug-likeness (QED) is 0.799. The molecule has 0 saturated carbocycles. The second kappa shape index (κ2) is 5.46. The van der Waals surface area contributed by atoms with Crippen LogP contribution in [-0.2, 0) is 6.42 Å². The van der Waals surface area contributed by atoms with Crippen molar-refractivity contribution < 1.29 is 9.53 Å². The van der Waals surface area contributed by atoms with Crippen LogP contribution in [0.3, 0.4) is 0 Å². The lowest BCUT2D eigenvalue weighted by molar-refractivity contribution is 0.0999. The van der Waals surface area contributed by atoms with Gasteiger partial charge in [-0.2, -0.15) is 0 Å². The molecule has 2 heterocycles. The molecule has 1 unspecified atom stereocenters. The third-order valence-electron chi connectivity index (χ3n) is 4.41. The lowest BCUT2D eigenvalue weighted by atomic mass is 9.89. The van der Waals surface area contributed by atoms with Crippen LogP contribution in [0.25, 0.3) is 11.3 Å². The van der Waals surface area contributed by atoms with Crippen molar-refractivity contribution in [2.75, 3.05) is 7.11 Å². The maximum absolute atomic E-state index is 12.2. The Kier molecular flexibility index (Phi) is 3.60. The van der Waals surface area contributed by atoms with Crippen LogP contribution in [0, 0.1) is 11.8 Å². The summed E-state index contributed by atoms with van der Waals surface area (Å²) in [6.07, 6.45) is 2.19. The molecule has 0 fully saturated rings. The molecule has 6 nitrogen and oxygen atoms in total. The zero-order chi connectivity index (χ0) is 16.7. The third kappa shape index (κ3) is 2.27. The monoisotopic (exact) mass is 312 g/mol. The van der Waals surface area contributed by atoms with E-state index in [0.29, 0.717) is 0 Å². The topological polar surface area (TPSA) is 77.7 Å². The first-order valence-electron chi connectivity index (χ1n) is 7.28. The minimum absolute atomic E-state index is 0.0436. The number of fused-ring (bicyclic) bond motifs is 3. The van der Waals surface area contributed by atoms with Gasteiger partial charge in [-0.3, -0.25) is 9.59 Å². The standard InChI is InChI=1S/C17H16N2O4/c1-9-6-12-10(2)16(23-3)5-4-11(12)14-7-15(20)13(8-19(9)14)17(21)18-22/h4-5,7-9H,6H2,1-3H3. The predicted molar refractivity (Wildman–Crippen MR) is 86.0 cm³/mol. The van der Waals surface area contributed by atoms with Gasteiger partial charge in [0.25, 0.3) is 0 Å². The molecule has 1 aromatic heterocycles. The summed E-state index contributed by atoms with van der Waals surface area (Å²) in [5, 5.41) is 2.36. The fourth-order valence-electron chi connectivity index (χ4n) is 3.19. The maximum Gasteiger partial charge on any atom is 0.322 e. The van der Waals surface area contributed by atoms with Crippen LogP contribution in [0.15, 0.2) is 34.4 Å². The number of ether oxygens (including phenoxy) is 1. The summed E-state index contributed by atoms with van der Waals surface area (Å²) >= 11 is 0. The molecule has 0 spiro atoms. The van der Waals surface area contributed by atoms with Crippen LogP contribution >= 0.6 is 0 Å². The Morgan fingerprint density at radius 3 is 2.78 bits per heavy atom. The SMILES string of the molecule is COc1ccc2c(c1C)CC(C)n1cc(C(=O)N=O)c(=O)cc1-2. The smallest absolute Gasteiger partial charge is 0.322 e. The molecule has 0 saturated heterocycles. The molecule has 0 N–H and O–H groups in total. The van der Waals surface area contributed by atoms with Gasteiger partial charge >= 0.3 is 5.91 Å². The van der Waals surface area contributed by atoms with Crippen molar-refractivity contribution in [1.82, 2.24) is 4.57 Å². The van der Waals surface area contributed by atoms with Crippen molar-refractivity contribution >= 4 is 5.91 Å². The third-order valence-corrected chi connectivity index (χ3v) is 4.41. The number of nitroso groups, excluding NO2 is 1. The highest BCUT2D eigenvalue weighted by atomic mass is 16.5. The van der Waals surface area contributed by atoms with Crippen LogP contribution in [0.1, 0.15) is 34.5 Å². The molecule has 118 valence electrons. The Bertz CT molecular complexity index is 883. The molecule has 3 rings (SSSR count). The van der Waals surface area contributed by atoms with Gasteiger partial charge in [0.15, 0.2) is 5.43 Å². The van der Waals surface area contributed by atoms with E-state index in [4.69, 9.17) is 4.74 Å². The minimum atomic E-state index is -1.03. The number of rotatable bonds is 2. The Morgan fingerprint density at radius 2 is 2.13 bits per heavy atom. The number of methoxy groups -OCH3 is 1. The summed E-state index contributed by atoms with van der Waals surface area (Å²) in [7, 11) is 1.63. The van der Waals surface area contributed by atoms with Gasteiger partial charge in [0, 0.05) is 29.0 Å². The Hall–Kier alpha value is -2.76. The average Bonchev–Trinajstić information content (AvgIpc) is 2.55. The molecule has 0 radical (unpaired) electrons. The first-order chi connectivity index (χ1) is 11.0. The second-order valence-corrected chi connectivity index (χ2v) is 5.71. The molecule has 1 aliphatic rings. The normalized spacial score (nSPS) is 15.5. The van der Waals surface area contributed by atoms with Crippen molar-refractivity contribution in [3.05, 3.63) is 56.2 Å². The molecular formula is C17H16N2O4. The summed E-state index contributed by atoms with van der Waals surface area (Å²) in [6, 6.07) is 5.23. The molecule has 1 aromatic carbocycles. The van der Waals surface area contributed by atoms with Gasteiger partial charge in [-0.25, -0.2) is 0 Å². The van der Waals surface area contributed by atoms with Gasteiger partial charge in [-0.05, 0) is 43.5 Å². The number of hydrogen-bond acceptors (Lipinski definition) is 4. The summed E-state index contributed by atoms with van der Waals surface area (Å²) in [5.41, 5.74) is 3.17. The van der Waals surface area contributed by atoms with E-state index in [9.17, 15) is 14.5 Å². The molecular weight excluding hydrogens is 296 g/mol. The average molecular weight is 312 g/mol. The highest BCUT2D eigenvalue weighted by Gasteiger charge is 2.25. The predicted octanol–water partition coefficient (Wildman–Crippen LogP) is 2.86. The lowest BCUT2D eigenvalue weighted by Crippen LogP contribution is -2.24. The largest absolute Gasteiger partial charge is 0.496 e. The summed E-state index contributed by atoms with van der Waals surface area (Å²) in [4.78, 5) is 34.1. The number of nitrogens with zero attached hydrogens (tertiary/aromatic N) is 2. The first kappa shape index (κ1) is 15.1. The summed E-state index contributed by atoms with van der Waals surface area (Å²) in [5.74, 6) is -0.224. The molecule has 6 heteroatoms. The van der Waals surface area contributed by atoms with E-state index in [-0.39, 0.29) is 11.6 Å². The fourth-order valence-corrected chi connectivity index (χ4v) is 3.19. The van der Waals surface area contributed by atoms with Crippen LogP contribution in [-0.4, -0.2) is 17.6 Å². The minimum Gasteiger partial charge on any atom is -0.496 e. The number of carbonyl (C=O) groups is 1. The van der Waals surface area contributed by atoms with E-state index >= 15 is 0 Å². The van der Waals surface area contributed by atoms with Crippen molar-refractivity contribution in [3.8, 4) is 17.0 Å². The second-order valence-electron chi connectivity index (χ2n) is 5.71. The van der Waals surface area contributed by atoms with Gasteiger partial charge in [0.1, 0.15) is 11.3 Å². The van der Waals surface area contributed by atoms with Crippen LogP contribution in [0.5, 0.6) is 5.75 Å². The van der Waals surface area contributed by atoms with E-state index in [2.05, 4.69) is 5.18 Å². The highest BCUT2D eigenvalue weighted by Crippen LogP contribution is 2.38. The molecule has 0 aliphatic carbocycles. The van der Waals surface area contributed by atoms with E-state index in [1.54, 1.807) is 7.11 Å². The van der Waals surface area contributed by atoms with Crippen LogP contribution in [0.4, 0.5) is 0 Å². The van der Waals surface area contributed by atoms with Gasteiger partial charge in [0.05, 0.1) is 12.8 Å². The van der Waals surface area contributed by atoms with Crippen molar-refractivity contribution in [3.63, 3.8) is 0 Å². The molecule has 0 bridgehead atoms. The van der Waals surface area contributed by atoms with E-state index in [1.807, 2.05) is 30.5 Å². The lowest BCUT2D eigenvalue weighted by Gasteiger charge is -2.30. The van der Waals surface area contributed by atoms with Crippen molar-refractivity contribution in [1.29, 1.82) is 0 Å². The Labute approximate surface area is 132 Å². The number of benzene rings is 1. The fraction of sp³-hybridized carbons (Fsp3) is 0.294. The van der Waals surface area contributed by atoms with E-state index in [1.165, 1.54) is 12.3 Å². The number of aromatic nitrogens is 1. The van der Waals surface area contributed by atoms with E-state index in [0.717, 1.165) is 34.6 Å². The van der Waals surface area contributed by atoms with E-state index < -0.39 is 11.3 Å². The zero-order valence-corrected chi connectivity index (χ0v) is 13.1. The first-order valence-corrected chi connectivity index (χ1v) is 7.28. The van der Waals surface area contributed by atoms with Gasteiger partial charge in [0.2, 0.25) is 0 Å². The maximum atomic E-state index is 12.2. The zero-order valence-electron chi connectivity index (χ0n) is 13.1. The highest BCUT2D eigenvalue weighted by molar-refractivity contribution is 5.94. The van der Waals surface area contributed by atoms with Crippen LogP contribution in [0.2, 0.25) is 0 Å². The van der Waals surface area contributed by atoms with Crippen LogP contribution < -0.4 is 10.2 Å². The molecule has 23 heavy (non-hydrogen) atoms. The van der Waals surface area contributed by atoms with Crippen molar-refractivity contribution in [2.45, 2.75) is 26.3 Å². The number of carbonyl (C=O) groups excluding carboxylic acids is 1. The number of pyridine rings is 1. The molecule has 2 aromatic rings. The number of amides is 1. The summed E-state index contributed by atoms with van der Waals surface area (Å²) < 4.78 is 7.22. The molecule has 1 amide bonds. The van der Waals surface area contributed by atoms with Gasteiger partial charge in [-0.1, -0.05) is 0 Å². The molecule has 1 atom stereocenters. The number of hydrogen-bond donors (Lipinski definition) is 0. The Morgan fingerprint density at radius 1 is 1.39 bits per heavy atom. The van der Waals surface area contributed by atoms with Crippen molar-refractivity contribution in [2.24, 2.45) is 5.18 Å². The van der Waals surface area contributed by atoms with Gasteiger partial charge in [-0.15, -0.1) is 4.91 Å². The molecule has 1 aliphatic heterocycles. The van der Waals surface area contributed by atoms with Gasteiger partial charge < -0.3 is 9.30 Å². The Balaban J connectivity index is 2.28. The summed E-state index contributed by atoms with van der Waals surface area (Å²) in [6.45, 7) is 3.99.